The van der Waals surface area contributed by atoms with Crippen molar-refractivity contribution in [2.45, 2.75) is 63.3 Å². The summed E-state index contributed by atoms with van der Waals surface area (Å²) in [6.07, 6.45) is 4.82. The second-order valence-electron chi connectivity index (χ2n) is 11.7. The molecule has 4 N–H and O–H groups in total. The number of nitrogens with zero attached hydrogens (tertiary/aromatic N) is 3. The summed E-state index contributed by atoms with van der Waals surface area (Å²) in [4.78, 5) is 68.4. The molecule has 1 saturated heterocycles. The normalized spacial score (nSPS) is 22.8. The van der Waals surface area contributed by atoms with Gasteiger partial charge in [0.05, 0.1) is 6.20 Å². The van der Waals surface area contributed by atoms with Crippen molar-refractivity contribution in [1.82, 2.24) is 35.9 Å². The summed E-state index contributed by atoms with van der Waals surface area (Å²) in [5.74, 6) is -1.88. The van der Waals surface area contributed by atoms with Gasteiger partial charge >= 0.3 is 0 Å². The number of carbonyl (C=O) groups is 5. The lowest BCUT2D eigenvalue weighted by Gasteiger charge is -2.29. The molecule has 46 heavy (non-hydrogen) atoms. The number of nitrogens with one attached hydrogen (secondary N) is 4. The minimum atomic E-state index is -0.989. The zero-order chi connectivity index (χ0) is 32.6. The van der Waals surface area contributed by atoms with Crippen LogP contribution in [0.2, 0.25) is 0 Å². The van der Waals surface area contributed by atoms with Gasteiger partial charge in [0.2, 0.25) is 23.6 Å². The Morgan fingerprint density at radius 2 is 1.74 bits per heavy atom. The fourth-order valence-electron chi connectivity index (χ4n) is 5.65. The summed E-state index contributed by atoms with van der Waals surface area (Å²) in [6, 6.07) is 12.5. The Morgan fingerprint density at radius 3 is 2.46 bits per heavy atom. The number of fused-ring (bicyclic) bond motifs is 13. The highest BCUT2D eigenvalue weighted by Crippen LogP contribution is 2.20. The second-order valence-corrected chi connectivity index (χ2v) is 11.7. The first kappa shape index (κ1) is 32.2. The molecule has 13 nitrogen and oxygen atoms in total. The topological polar surface area (TPSA) is 164 Å². The molecule has 2 bridgehead atoms. The number of hydrogen-bond acceptors (Lipinski definition) is 7. The first-order valence-electron chi connectivity index (χ1n) is 15.4. The standard InChI is InChI=1S/C33H39N7O6/c1-21-30(42)38-26(31(43)34-17-24-18-35-39(2)19-24)15-23-10-12-25(13-11-23)46-20-29(41)37-27(16-22-7-4-3-5-8-22)33(45)40-14-6-9-28(40)32(44)36-21/h3-5,7-8,10-13,18-19,21,26-28H,6,9,14-17,20H2,1-2H3,(H,34,43)(H,36,44)(H,37,41)(H,38,42)/t21-,26-,27+,28+/m0/s1. The third-order valence-corrected chi connectivity index (χ3v) is 8.10. The van der Waals surface area contributed by atoms with Crippen molar-refractivity contribution in [2.24, 2.45) is 7.05 Å². The van der Waals surface area contributed by atoms with Gasteiger partial charge in [-0.1, -0.05) is 42.5 Å². The van der Waals surface area contributed by atoms with Crippen molar-refractivity contribution in [3.05, 3.63) is 83.7 Å². The molecule has 1 fully saturated rings. The average molecular weight is 630 g/mol. The quantitative estimate of drug-likeness (QED) is 0.317. The first-order valence-corrected chi connectivity index (χ1v) is 15.4. The van der Waals surface area contributed by atoms with Crippen LogP contribution >= 0.6 is 0 Å². The maximum absolute atomic E-state index is 13.8. The van der Waals surface area contributed by atoms with Gasteiger partial charge in [0.1, 0.15) is 29.9 Å². The number of amides is 5. The van der Waals surface area contributed by atoms with E-state index in [0.29, 0.717) is 25.1 Å². The van der Waals surface area contributed by atoms with Crippen molar-refractivity contribution in [1.29, 1.82) is 0 Å². The Kier molecular flexibility index (Phi) is 10.3. The van der Waals surface area contributed by atoms with Gasteiger partial charge in [0.25, 0.3) is 5.91 Å². The van der Waals surface area contributed by atoms with Crippen molar-refractivity contribution < 1.29 is 28.7 Å². The van der Waals surface area contributed by atoms with Crippen LogP contribution in [0.1, 0.15) is 36.5 Å². The molecule has 3 aliphatic rings. The van der Waals surface area contributed by atoms with Crippen LogP contribution in [0.25, 0.3) is 0 Å². The molecular formula is C33H39N7O6. The highest BCUT2D eigenvalue weighted by molar-refractivity contribution is 5.96. The van der Waals surface area contributed by atoms with E-state index in [2.05, 4.69) is 26.4 Å². The molecule has 0 radical (unpaired) electrons. The van der Waals surface area contributed by atoms with Crippen LogP contribution in [0, 0.1) is 0 Å². The molecule has 13 heteroatoms. The van der Waals surface area contributed by atoms with Gasteiger partial charge in [-0.2, -0.15) is 5.10 Å². The van der Waals surface area contributed by atoms with Crippen molar-refractivity contribution in [2.75, 3.05) is 13.2 Å². The molecule has 0 saturated carbocycles. The fraction of sp³-hybridized carbons (Fsp3) is 0.394. The van der Waals surface area contributed by atoms with E-state index in [-0.39, 0.29) is 31.9 Å². The van der Waals surface area contributed by atoms with Crippen molar-refractivity contribution >= 4 is 29.5 Å². The Bertz CT molecular complexity index is 1560. The SMILES string of the molecule is C[C@@H]1NC(=O)[C@H]2CCCN2C(=O)[C@@H](Cc2ccccc2)NC(=O)COc2ccc(cc2)C[C@@H](C(=O)NCc2cnn(C)c2)NC1=O. The van der Waals surface area contributed by atoms with Crippen LogP contribution in [0.15, 0.2) is 67.0 Å². The fourth-order valence-corrected chi connectivity index (χ4v) is 5.65. The predicted octanol–water partition coefficient (Wildman–Crippen LogP) is 0.379. The number of carbonyl (C=O) groups excluding carboxylic acids is 5. The monoisotopic (exact) mass is 629 g/mol. The molecule has 3 aliphatic heterocycles. The summed E-state index contributed by atoms with van der Waals surface area (Å²) >= 11 is 0. The van der Waals surface area contributed by atoms with E-state index in [0.717, 1.165) is 16.7 Å². The van der Waals surface area contributed by atoms with Crippen LogP contribution in [-0.4, -0.2) is 81.5 Å². The molecule has 0 aliphatic carbocycles. The van der Waals surface area contributed by atoms with Gasteiger partial charge in [0.15, 0.2) is 6.61 Å². The summed E-state index contributed by atoms with van der Waals surface area (Å²) in [5, 5.41) is 15.3. The van der Waals surface area contributed by atoms with E-state index in [1.54, 1.807) is 48.4 Å². The second kappa shape index (κ2) is 14.7. The molecule has 6 rings (SSSR count). The molecule has 0 unspecified atom stereocenters. The molecule has 5 amide bonds. The summed E-state index contributed by atoms with van der Waals surface area (Å²) in [5.41, 5.74) is 2.38. The molecule has 3 aromatic rings. The number of ether oxygens (including phenoxy) is 1. The molecule has 0 spiro atoms. The van der Waals surface area contributed by atoms with Crippen molar-refractivity contribution in [3.63, 3.8) is 0 Å². The smallest absolute Gasteiger partial charge is 0.258 e. The lowest BCUT2D eigenvalue weighted by molar-refractivity contribution is -0.142. The Morgan fingerprint density at radius 1 is 0.978 bits per heavy atom. The zero-order valence-electron chi connectivity index (χ0n) is 25.9. The van der Waals surface area contributed by atoms with E-state index in [4.69, 9.17) is 4.74 Å². The van der Waals surface area contributed by atoms with Crippen LogP contribution < -0.4 is 26.0 Å². The zero-order valence-corrected chi connectivity index (χ0v) is 25.9. The minimum absolute atomic E-state index is 0.165. The van der Waals surface area contributed by atoms with E-state index >= 15 is 0 Å². The van der Waals surface area contributed by atoms with Gasteiger partial charge in [-0.15, -0.1) is 0 Å². The lowest BCUT2D eigenvalue weighted by Crippen LogP contribution is -2.57. The van der Waals surface area contributed by atoms with Gasteiger partial charge < -0.3 is 30.9 Å². The largest absolute Gasteiger partial charge is 0.484 e. The van der Waals surface area contributed by atoms with Crippen LogP contribution in [0.5, 0.6) is 5.75 Å². The van der Waals surface area contributed by atoms with Crippen LogP contribution in [0.4, 0.5) is 0 Å². The molecule has 4 heterocycles. The summed E-state index contributed by atoms with van der Waals surface area (Å²) < 4.78 is 7.34. The number of rotatable bonds is 5. The maximum Gasteiger partial charge on any atom is 0.258 e. The molecule has 1 aromatic heterocycles. The molecule has 2 aromatic carbocycles. The minimum Gasteiger partial charge on any atom is -0.484 e. The van der Waals surface area contributed by atoms with Crippen LogP contribution in [-0.2, 0) is 50.4 Å². The summed E-state index contributed by atoms with van der Waals surface area (Å²) in [6.45, 7) is 1.76. The van der Waals surface area contributed by atoms with Gasteiger partial charge in [-0.3, -0.25) is 28.7 Å². The summed E-state index contributed by atoms with van der Waals surface area (Å²) in [7, 11) is 1.78. The van der Waals surface area contributed by atoms with Crippen LogP contribution in [0.3, 0.4) is 0 Å². The van der Waals surface area contributed by atoms with Gasteiger partial charge in [-0.25, -0.2) is 0 Å². The highest BCUT2D eigenvalue weighted by Gasteiger charge is 2.38. The third-order valence-electron chi connectivity index (χ3n) is 8.10. The van der Waals surface area contributed by atoms with E-state index < -0.39 is 47.8 Å². The molecule has 4 atom stereocenters. The average Bonchev–Trinajstić information content (AvgIpc) is 3.71. The van der Waals surface area contributed by atoms with E-state index in [1.165, 1.54) is 11.8 Å². The lowest BCUT2D eigenvalue weighted by atomic mass is 10.0. The third kappa shape index (κ3) is 8.29. The molecule has 242 valence electrons. The van der Waals surface area contributed by atoms with Gasteiger partial charge in [-0.05, 0) is 43.0 Å². The molecular weight excluding hydrogens is 590 g/mol. The Balaban J connectivity index is 1.37. The van der Waals surface area contributed by atoms with Gasteiger partial charge in [0, 0.05) is 44.7 Å². The Hall–Kier alpha value is -5.20. The van der Waals surface area contributed by atoms with Crippen molar-refractivity contribution in [3.8, 4) is 5.75 Å². The maximum atomic E-state index is 13.8. The van der Waals surface area contributed by atoms with E-state index in [1.807, 2.05) is 30.3 Å². The number of aryl methyl sites for hydroxylation is 1. The number of hydrogen-bond donors (Lipinski definition) is 4. The number of benzene rings is 2. The first-order chi connectivity index (χ1) is 22.2. The Labute approximate surface area is 267 Å². The highest BCUT2D eigenvalue weighted by atomic mass is 16.5. The number of aromatic nitrogens is 2. The van der Waals surface area contributed by atoms with E-state index in [9.17, 15) is 24.0 Å². The predicted molar refractivity (Wildman–Crippen MR) is 167 cm³/mol.